The topological polar surface area (TPSA) is 131 Å². The minimum atomic E-state index is -2.96. The van der Waals surface area contributed by atoms with Gasteiger partial charge in [-0.25, -0.2) is 4.79 Å². The van der Waals surface area contributed by atoms with Crippen molar-refractivity contribution in [1.29, 1.82) is 0 Å². The van der Waals surface area contributed by atoms with Crippen LogP contribution in [0, 0.1) is 6.92 Å². The SMILES string of the molecule is Cc1cn([C@@H]2O[C@@]3(CO[Si](c4ccccc4)(c4ccccc4)C(C)(C)C)C(C)O[C@@H]2[C@@H]3N=[N+]=[N-])c(=O)[nH]c1=O. The number of hydrogen-bond donors (Lipinski definition) is 1. The molecule has 1 unspecified atom stereocenters. The van der Waals surface area contributed by atoms with Crippen LogP contribution in [0.4, 0.5) is 0 Å². The number of rotatable bonds is 7. The van der Waals surface area contributed by atoms with E-state index in [9.17, 15) is 15.1 Å². The molecule has 2 aromatic carbocycles. The fraction of sp³-hybridized carbons (Fsp3) is 0.429. The van der Waals surface area contributed by atoms with Crippen molar-refractivity contribution in [3.63, 3.8) is 0 Å². The molecule has 0 spiro atoms. The summed E-state index contributed by atoms with van der Waals surface area (Å²) in [6.45, 7) is 10.1. The summed E-state index contributed by atoms with van der Waals surface area (Å²) in [5.74, 6) is 0. The Hall–Kier alpha value is -3.47. The Morgan fingerprint density at radius 2 is 1.69 bits per heavy atom. The van der Waals surface area contributed by atoms with Crippen LogP contribution in [-0.4, -0.2) is 48.3 Å². The first-order chi connectivity index (χ1) is 18.5. The lowest BCUT2D eigenvalue weighted by molar-refractivity contribution is -0.214. The van der Waals surface area contributed by atoms with Gasteiger partial charge in [-0.15, -0.1) is 0 Å². The maximum absolute atomic E-state index is 12.8. The predicted molar refractivity (Wildman–Crippen MR) is 150 cm³/mol. The average molecular weight is 548 g/mol. The minimum Gasteiger partial charge on any atom is -0.404 e. The summed E-state index contributed by atoms with van der Waals surface area (Å²) in [5, 5.41) is 6.02. The first-order valence-electron chi connectivity index (χ1n) is 13.0. The van der Waals surface area contributed by atoms with Gasteiger partial charge < -0.3 is 13.9 Å². The number of fused-ring (bicyclic) bond motifs is 2. The van der Waals surface area contributed by atoms with Gasteiger partial charge in [0.25, 0.3) is 13.9 Å². The fourth-order valence-electron chi connectivity index (χ4n) is 6.05. The lowest BCUT2D eigenvalue weighted by Crippen LogP contribution is -2.68. The first-order valence-corrected chi connectivity index (χ1v) is 14.9. The van der Waals surface area contributed by atoms with E-state index in [0.29, 0.717) is 5.56 Å². The molecule has 10 nitrogen and oxygen atoms in total. The quantitative estimate of drug-likeness (QED) is 0.210. The number of aromatic nitrogens is 2. The maximum atomic E-state index is 12.8. The van der Waals surface area contributed by atoms with Crippen LogP contribution in [0.5, 0.6) is 0 Å². The Labute approximate surface area is 227 Å². The second-order valence-electron chi connectivity index (χ2n) is 11.3. The molecule has 5 atom stereocenters. The average Bonchev–Trinajstić information content (AvgIpc) is 3.34. The highest BCUT2D eigenvalue weighted by molar-refractivity contribution is 6.99. The highest BCUT2D eigenvalue weighted by Crippen LogP contribution is 2.51. The fourth-order valence-corrected chi connectivity index (χ4v) is 10.7. The molecule has 11 heteroatoms. The summed E-state index contributed by atoms with van der Waals surface area (Å²) in [4.78, 5) is 30.2. The lowest BCUT2D eigenvalue weighted by Gasteiger charge is -2.46. The number of ether oxygens (including phenoxy) is 2. The molecule has 2 aliphatic rings. The number of aromatic amines is 1. The Kier molecular flexibility index (Phi) is 6.90. The van der Waals surface area contributed by atoms with E-state index in [1.807, 2.05) is 43.3 Å². The number of aryl methyl sites for hydroxylation is 1. The molecule has 2 fully saturated rings. The third kappa shape index (κ3) is 4.27. The van der Waals surface area contributed by atoms with Gasteiger partial charge in [-0.2, -0.15) is 0 Å². The molecule has 2 aliphatic heterocycles. The van der Waals surface area contributed by atoms with E-state index in [0.717, 1.165) is 10.4 Å². The van der Waals surface area contributed by atoms with Crippen molar-refractivity contribution in [3.8, 4) is 0 Å². The third-order valence-corrected chi connectivity index (χ3v) is 13.0. The molecule has 2 bridgehead atoms. The molecule has 0 aliphatic carbocycles. The first kappa shape index (κ1) is 27.1. The van der Waals surface area contributed by atoms with Crippen LogP contribution in [0.25, 0.3) is 10.4 Å². The number of azide groups is 1. The van der Waals surface area contributed by atoms with Crippen molar-refractivity contribution in [2.45, 2.75) is 69.7 Å². The Morgan fingerprint density at radius 1 is 1.10 bits per heavy atom. The number of benzene rings is 2. The van der Waals surface area contributed by atoms with Crippen LogP contribution in [0.2, 0.25) is 5.04 Å². The lowest BCUT2D eigenvalue weighted by atomic mass is 9.93. The van der Waals surface area contributed by atoms with Gasteiger partial charge in [-0.3, -0.25) is 14.3 Å². The monoisotopic (exact) mass is 547 g/mol. The van der Waals surface area contributed by atoms with E-state index in [4.69, 9.17) is 13.9 Å². The van der Waals surface area contributed by atoms with Crippen molar-refractivity contribution in [2.24, 2.45) is 5.11 Å². The predicted octanol–water partition coefficient (Wildman–Crippen LogP) is 3.16. The highest BCUT2D eigenvalue weighted by atomic mass is 28.4. The zero-order valence-electron chi connectivity index (χ0n) is 22.7. The second-order valence-corrected chi connectivity index (χ2v) is 15.6. The van der Waals surface area contributed by atoms with Gasteiger partial charge in [0.1, 0.15) is 17.7 Å². The van der Waals surface area contributed by atoms with Crippen LogP contribution in [0.3, 0.4) is 0 Å². The van der Waals surface area contributed by atoms with Crippen LogP contribution in [-0.2, 0) is 13.9 Å². The van der Waals surface area contributed by atoms with E-state index < -0.39 is 49.6 Å². The molecule has 39 heavy (non-hydrogen) atoms. The van der Waals surface area contributed by atoms with Crippen molar-refractivity contribution < 1.29 is 13.9 Å². The molecular weight excluding hydrogens is 514 g/mol. The molecule has 5 rings (SSSR count). The third-order valence-electron chi connectivity index (χ3n) is 8.01. The summed E-state index contributed by atoms with van der Waals surface area (Å²) in [6, 6.07) is 19.7. The number of H-pyrrole nitrogens is 1. The maximum Gasteiger partial charge on any atom is 0.330 e. The molecule has 204 valence electrons. The largest absolute Gasteiger partial charge is 0.404 e. The highest BCUT2D eigenvalue weighted by Gasteiger charge is 2.67. The van der Waals surface area contributed by atoms with E-state index in [1.165, 1.54) is 10.8 Å². The Balaban J connectivity index is 1.62. The summed E-state index contributed by atoms with van der Waals surface area (Å²) in [7, 11) is -2.96. The van der Waals surface area contributed by atoms with Crippen LogP contribution >= 0.6 is 0 Å². The Bertz CT molecular complexity index is 1470. The van der Waals surface area contributed by atoms with E-state index in [2.05, 4.69) is 60.0 Å². The molecule has 0 radical (unpaired) electrons. The molecule has 3 heterocycles. The molecule has 0 amide bonds. The van der Waals surface area contributed by atoms with Gasteiger partial charge in [0, 0.05) is 16.7 Å². The molecular formula is C28H33N5O5Si. The number of nitrogens with zero attached hydrogens (tertiary/aromatic N) is 4. The van der Waals surface area contributed by atoms with Gasteiger partial charge in [-0.05, 0) is 34.8 Å². The second kappa shape index (κ2) is 9.93. The smallest absolute Gasteiger partial charge is 0.330 e. The van der Waals surface area contributed by atoms with Crippen LogP contribution in [0.1, 0.15) is 39.5 Å². The van der Waals surface area contributed by atoms with Crippen molar-refractivity contribution in [2.75, 3.05) is 6.61 Å². The molecule has 3 aromatic rings. The van der Waals surface area contributed by atoms with E-state index >= 15 is 0 Å². The zero-order valence-corrected chi connectivity index (χ0v) is 23.7. The summed E-state index contributed by atoms with van der Waals surface area (Å²) in [5.41, 5.74) is 7.60. The molecule has 1 aromatic heterocycles. The van der Waals surface area contributed by atoms with E-state index in [1.54, 1.807) is 6.92 Å². The standard InChI is InChI=1S/C28H33N5O5Si/c1-18-16-33(26(35)30-24(18)34)25-22-23(31-32-29)28(38-25,19(2)37-22)17-36-39(27(3,4)5,20-12-8-6-9-13-20)21-14-10-7-11-15-21/h6-16,19,22-23,25H,17H2,1-5H3,(H,30,34,35)/t19?,22-,23+,25-,28+/m1/s1. The molecule has 0 saturated carbocycles. The van der Waals surface area contributed by atoms with E-state index in [-0.39, 0.29) is 11.6 Å². The van der Waals surface area contributed by atoms with Crippen molar-refractivity contribution in [1.82, 2.24) is 9.55 Å². The summed E-state index contributed by atoms with van der Waals surface area (Å²) in [6.07, 6.45) is -0.666. The van der Waals surface area contributed by atoms with Crippen LogP contribution in [0.15, 0.2) is 81.6 Å². The van der Waals surface area contributed by atoms with Gasteiger partial charge in [0.15, 0.2) is 6.23 Å². The van der Waals surface area contributed by atoms with Crippen molar-refractivity contribution >= 4 is 18.7 Å². The number of hydrogen-bond acceptors (Lipinski definition) is 6. The summed E-state index contributed by atoms with van der Waals surface area (Å²) < 4.78 is 21.4. The zero-order chi connectivity index (χ0) is 28.0. The Morgan fingerprint density at radius 3 is 2.23 bits per heavy atom. The van der Waals surface area contributed by atoms with Gasteiger partial charge in [-0.1, -0.05) is 86.5 Å². The van der Waals surface area contributed by atoms with Gasteiger partial charge >= 0.3 is 5.69 Å². The van der Waals surface area contributed by atoms with Crippen LogP contribution < -0.4 is 21.6 Å². The molecule has 1 N–H and O–H groups in total. The van der Waals surface area contributed by atoms with Crippen molar-refractivity contribution in [3.05, 3.63) is 104 Å². The normalized spacial score (nSPS) is 26.4. The van der Waals surface area contributed by atoms with Gasteiger partial charge in [0.05, 0.1) is 12.7 Å². The number of nitrogens with one attached hydrogen (secondary N) is 1. The summed E-state index contributed by atoms with van der Waals surface area (Å²) >= 11 is 0. The van der Waals surface area contributed by atoms with Gasteiger partial charge in [0.2, 0.25) is 0 Å². The minimum absolute atomic E-state index is 0.0786. The molecule has 2 saturated heterocycles.